The van der Waals surface area contributed by atoms with Crippen LogP contribution in [-0.4, -0.2) is 35.3 Å². The van der Waals surface area contributed by atoms with E-state index in [1.165, 1.54) is 0 Å². The number of aliphatic hydroxyl groups excluding tert-OH is 2. The number of hydrogen-bond donors (Lipinski definition) is 2. The zero-order valence-electron chi connectivity index (χ0n) is 4.86. The molecule has 53 valence electrons. The summed E-state index contributed by atoms with van der Waals surface area (Å²) < 4.78 is 4.57. The molecule has 0 amide bonds. The summed E-state index contributed by atoms with van der Waals surface area (Å²) in [6.45, 7) is -0.278. The summed E-state index contributed by atoms with van der Waals surface area (Å²) >= 11 is 0. The molecule has 0 aromatic carbocycles. The topological polar surface area (TPSA) is 69.6 Å². The maximum atomic E-state index is 10.4. The van der Waals surface area contributed by atoms with E-state index in [2.05, 4.69) is 4.74 Å². The van der Waals surface area contributed by atoms with Gasteiger partial charge in [-0.15, -0.1) is 0 Å². The molecule has 0 saturated carbocycles. The zero-order chi connectivity index (χ0) is 6.85. The number of hydrogen-bond acceptors (Lipinski definition) is 3. The lowest BCUT2D eigenvalue weighted by Crippen LogP contribution is -2.24. The Hall–Kier alpha value is -0.160. The van der Waals surface area contributed by atoms with E-state index in [4.69, 9.17) is 10.2 Å². The van der Waals surface area contributed by atoms with E-state index in [1.807, 2.05) is 0 Å². The first-order chi connectivity index (χ1) is 4.24. The smallest absolute Gasteiger partial charge is 0.194 e. The van der Waals surface area contributed by atoms with Crippen LogP contribution < -0.4 is 0 Å². The fourth-order valence-corrected chi connectivity index (χ4v) is 0.855. The normalized spacial score (nSPS) is 43.7. The highest BCUT2D eigenvalue weighted by Gasteiger charge is 2.32. The highest BCUT2D eigenvalue weighted by atomic mass is 16.6. The molecule has 1 aliphatic heterocycles. The van der Waals surface area contributed by atoms with Gasteiger partial charge in [0.15, 0.2) is 6.29 Å². The van der Waals surface area contributed by atoms with E-state index in [9.17, 15) is 5.11 Å². The monoisotopic (exact) mass is 133 g/mol. The lowest BCUT2D eigenvalue weighted by Gasteiger charge is -2.07. The number of rotatable bonds is 1. The van der Waals surface area contributed by atoms with Gasteiger partial charge in [0.1, 0.15) is 6.10 Å². The van der Waals surface area contributed by atoms with Gasteiger partial charge in [-0.2, -0.15) is 0 Å². The summed E-state index contributed by atoms with van der Waals surface area (Å²) in [5, 5.41) is 27.7. The fraction of sp³-hybridized carbons (Fsp3) is 1.00. The summed E-state index contributed by atoms with van der Waals surface area (Å²) in [6, 6.07) is 0. The van der Waals surface area contributed by atoms with Crippen molar-refractivity contribution in [2.45, 2.75) is 24.9 Å². The fourth-order valence-electron chi connectivity index (χ4n) is 0.855. The molecule has 0 spiro atoms. The summed E-state index contributed by atoms with van der Waals surface area (Å²) in [7, 11) is 0. The van der Waals surface area contributed by atoms with Crippen LogP contribution in [0.2, 0.25) is 0 Å². The molecular formula is C5H9O4. The van der Waals surface area contributed by atoms with Crippen LogP contribution in [0.15, 0.2) is 0 Å². The Morgan fingerprint density at radius 2 is 2.33 bits per heavy atom. The summed E-state index contributed by atoms with van der Waals surface area (Å²) in [6.07, 6.45) is -2.51. The third kappa shape index (κ3) is 1.40. The first-order valence-corrected chi connectivity index (χ1v) is 2.84. The van der Waals surface area contributed by atoms with Gasteiger partial charge in [0.25, 0.3) is 0 Å². The second-order valence-corrected chi connectivity index (χ2v) is 2.09. The van der Waals surface area contributed by atoms with Crippen LogP contribution in [0.3, 0.4) is 0 Å². The van der Waals surface area contributed by atoms with E-state index >= 15 is 0 Å². The lowest BCUT2D eigenvalue weighted by atomic mass is 10.2. The molecule has 1 aliphatic rings. The van der Waals surface area contributed by atoms with Gasteiger partial charge in [0.2, 0.25) is 0 Å². The van der Waals surface area contributed by atoms with Crippen molar-refractivity contribution in [2.75, 3.05) is 6.61 Å². The molecular weight excluding hydrogens is 124 g/mol. The van der Waals surface area contributed by atoms with Gasteiger partial charge in [0.05, 0.1) is 12.7 Å². The molecule has 0 aromatic rings. The van der Waals surface area contributed by atoms with Gasteiger partial charge in [-0.25, -0.2) is 5.11 Å². The summed E-state index contributed by atoms with van der Waals surface area (Å²) in [5.41, 5.74) is 0. The van der Waals surface area contributed by atoms with Gasteiger partial charge in [-0.05, 0) is 0 Å². The predicted octanol–water partition coefficient (Wildman–Crippen LogP) is -1.11. The molecule has 0 bridgehead atoms. The second kappa shape index (κ2) is 2.62. The zero-order valence-corrected chi connectivity index (χ0v) is 4.86. The molecule has 1 saturated heterocycles. The molecule has 1 fully saturated rings. The Labute approximate surface area is 52.7 Å². The Kier molecular flexibility index (Phi) is 2.02. The molecule has 0 unspecified atom stereocenters. The minimum atomic E-state index is -1.16. The van der Waals surface area contributed by atoms with Gasteiger partial charge < -0.3 is 14.9 Å². The molecule has 1 heterocycles. The van der Waals surface area contributed by atoms with Crippen LogP contribution in [0.5, 0.6) is 0 Å². The van der Waals surface area contributed by atoms with Crippen LogP contribution in [0.4, 0.5) is 0 Å². The maximum Gasteiger partial charge on any atom is 0.194 e. The van der Waals surface area contributed by atoms with E-state index in [-0.39, 0.29) is 13.0 Å². The van der Waals surface area contributed by atoms with Crippen molar-refractivity contribution < 1.29 is 20.1 Å². The van der Waals surface area contributed by atoms with Crippen LogP contribution in [-0.2, 0) is 9.84 Å². The van der Waals surface area contributed by atoms with Crippen LogP contribution in [0, 0.1) is 0 Å². The third-order valence-corrected chi connectivity index (χ3v) is 1.37. The molecule has 0 aromatic heterocycles. The van der Waals surface area contributed by atoms with Crippen molar-refractivity contribution in [3.8, 4) is 0 Å². The Bertz CT molecular complexity index is 95.0. The average Bonchev–Trinajstić information content (AvgIpc) is 2.10. The largest absolute Gasteiger partial charge is 0.394 e. The standard InChI is InChI=1S/C5H9O4/c6-2-4-3(7)1-5(8)9-4/h3-7H,1-2H2/t3-,4+,5+/m0/s1. The second-order valence-electron chi connectivity index (χ2n) is 2.09. The average molecular weight is 133 g/mol. The minimum Gasteiger partial charge on any atom is -0.394 e. The summed E-state index contributed by atoms with van der Waals surface area (Å²) in [4.78, 5) is 0. The summed E-state index contributed by atoms with van der Waals surface area (Å²) in [5.74, 6) is 0. The molecule has 1 radical (unpaired) electrons. The Morgan fingerprint density at radius 3 is 2.56 bits per heavy atom. The van der Waals surface area contributed by atoms with Crippen molar-refractivity contribution in [2.24, 2.45) is 0 Å². The highest BCUT2D eigenvalue weighted by molar-refractivity contribution is 4.75. The van der Waals surface area contributed by atoms with Gasteiger partial charge in [-0.1, -0.05) is 0 Å². The quantitative estimate of drug-likeness (QED) is 0.476. The van der Waals surface area contributed by atoms with Crippen molar-refractivity contribution in [3.63, 3.8) is 0 Å². The van der Waals surface area contributed by atoms with Crippen LogP contribution in [0.25, 0.3) is 0 Å². The maximum absolute atomic E-state index is 10.4. The molecule has 2 N–H and O–H groups in total. The van der Waals surface area contributed by atoms with E-state index in [1.54, 1.807) is 0 Å². The Morgan fingerprint density at radius 1 is 1.67 bits per heavy atom. The van der Waals surface area contributed by atoms with Gasteiger partial charge >= 0.3 is 0 Å². The predicted molar refractivity (Wildman–Crippen MR) is 27.1 cm³/mol. The number of aliphatic hydroxyl groups is 2. The molecule has 4 nitrogen and oxygen atoms in total. The SMILES string of the molecule is [O][C@H]1C[C@H](O)[C@@H](CO)O1. The van der Waals surface area contributed by atoms with Gasteiger partial charge in [0, 0.05) is 6.42 Å². The van der Waals surface area contributed by atoms with Crippen molar-refractivity contribution in [3.05, 3.63) is 0 Å². The molecule has 9 heavy (non-hydrogen) atoms. The van der Waals surface area contributed by atoms with Gasteiger partial charge in [-0.3, -0.25) is 0 Å². The molecule has 4 heteroatoms. The van der Waals surface area contributed by atoms with E-state index in [0.717, 1.165) is 0 Å². The third-order valence-electron chi connectivity index (χ3n) is 1.37. The van der Waals surface area contributed by atoms with Crippen LogP contribution >= 0.6 is 0 Å². The van der Waals surface area contributed by atoms with E-state index < -0.39 is 18.5 Å². The van der Waals surface area contributed by atoms with Crippen molar-refractivity contribution in [1.82, 2.24) is 0 Å². The Balaban J connectivity index is 2.38. The van der Waals surface area contributed by atoms with Crippen molar-refractivity contribution >= 4 is 0 Å². The molecule has 0 aliphatic carbocycles. The van der Waals surface area contributed by atoms with Crippen LogP contribution in [0.1, 0.15) is 6.42 Å². The molecule has 1 rings (SSSR count). The first kappa shape index (κ1) is 6.95. The molecule has 3 atom stereocenters. The highest BCUT2D eigenvalue weighted by Crippen LogP contribution is 2.17. The lowest BCUT2D eigenvalue weighted by molar-refractivity contribution is -0.140. The van der Waals surface area contributed by atoms with Crippen molar-refractivity contribution in [1.29, 1.82) is 0 Å². The minimum absolute atomic E-state index is 0.0885. The first-order valence-electron chi connectivity index (χ1n) is 2.84. The number of ether oxygens (including phenoxy) is 1. The van der Waals surface area contributed by atoms with E-state index in [0.29, 0.717) is 0 Å².